The van der Waals surface area contributed by atoms with E-state index in [2.05, 4.69) is 5.32 Å². The molecule has 0 spiro atoms. The van der Waals surface area contributed by atoms with Gasteiger partial charge in [-0.15, -0.1) is 0 Å². The highest BCUT2D eigenvalue weighted by molar-refractivity contribution is 6.10. The van der Waals surface area contributed by atoms with E-state index in [0.29, 0.717) is 5.69 Å². The van der Waals surface area contributed by atoms with E-state index in [9.17, 15) is 15.0 Å². The zero-order chi connectivity index (χ0) is 14.8. The smallest absolute Gasteiger partial charge is 0.259 e. The fourth-order valence-electron chi connectivity index (χ4n) is 2.24. The highest BCUT2D eigenvalue weighted by Gasteiger charge is 2.14. The summed E-state index contributed by atoms with van der Waals surface area (Å²) in [6, 6.07) is 17.6. The van der Waals surface area contributed by atoms with Crippen LogP contribution in [0.4, 0.5) is 5.69 Å². The largest absolute Gasteiger partial charge is 0.504 e. The minimum absolute atomic E-state index is 0.0305. The van der Waals surface area contributed by atoms with Crippen molar-refractivity contribution in [3.63, 3.8) is 0 Å². The van der Waals surface area contributed by atoms with Crippen LogP contribution in [0.3, 0.4) is 0 Å². The number of nitrogens with one attached hydrogen (secondary N) is 1. The van der Waals surface area contributed by atoms with E-state index in [-0.39, 0.29) is 11.3 Å². The molecule has 0 aromatic heterocycles. The quantitative estimate of drug-likeness (QED) is 0.629. The van der Waals surface area contributed by atoms with E-state index in [1.165, 1.54) is 18.2 Å². The number of benzene rings is 3. The lowest BCUT2D eigenvalue weighted by Crippen LogP contribution is -2.12. The Labute approximate surface area is 121 Å². The molecule has 21 heavy (non-hydrogen) atoms. The van der Waals surface area contributed by atoms with Crippen molar-refractivity contribution in [2.75, 3.05) is 5.32 Å². The molecule has 0 aliphatic heterocycles. The number of aromatic hydroxyl groups is 2. The minimum Gasteiger partial charge on any atom is -0.504 e. The van der Waals surface area contributed by atoms with Gasteiger partial charge in [-0.2, -0.15) is 0 Å². The molecule has 0 aliphatic rings. The Kier molecular flexibility index (Phi) is 3.20. The topological polar surface area (TPSA) is 69.6 Å². The fraction of sp³-hybridized carbons (Fsp3) is 0. The zero-order valence-corrected chi connectivity index (χ0v) is 11.1. The lowest BCUT2D eigenvalue weighted by atomic mass is 10.1. The van der Waals surface area contributed by atoms with Crippen LogP contribution in [0.1, 0.15) is 10.4 Å². The molecule has 3 aromatic carbocycles. The normalized spacial score (nSPS) is 10.5. The van der Waals surface area contributed by atoms with Crippen molar-refractivity contribution < 1.29 is 15.0 Å². The van der Waals surface area contributed by atoms with Crippen molar-refractivity contribution >= 4 is 22.4 Å². The Morgan fingerprint density at radius 2 is 1.57 bits per heavy atom. The van der Waals surface area contributed by atoms with Gasteiger partial charge in [0.2, 0.25) is 0 Å². The Morgan fingerprint density at radius 3 is 2.43 bits per heavy atom. The summed E-state index contributed by atoms with van der Waals surface area (Å²) in [5.41, 5.74) is 0.684. The summed E-state index contributed by atoms with van der Waals surface area (Å²) >= 11 is 0. The molecule has 0 unspecified atom stereocenters. The van der Waals surface area contributed by atoms with Crippen LogP contribution in [0.5, 0.6) is 11.5 Å². The second-order valence-electron chi connectivity index (χ2n) is 4.65. The number of hydrogen-bond donors (Lipinski definition) is 3. The van der Waals surface area contributed by atoms with Crippen LogP contribution in [-0.4, -0.2) is 16.1 Å². The third-order valence-corrected chi connectivity index (χ3v) is 3.30. The van der Waals surface area contributed by atoms with E-state index in [1.54, 1.807) is 6.07 Å². The van der Waals surface area contributed by atoms with E-state index in [4.69, 9.17) is 0 Å². The minimum atomic E-state index is -0.472. The molecule has 0 fully saturated rings. The number of rotatable bonds is 2. The highest BCUT2D eigenvalue weighted by atomic mass is 16.3. The number of hydrogen-bond acceptors (Lipinski definition) is 3. The van der Waals surface area contributed by atoms with Crippen LogP contribution >= 0.6 is 0 Å². The standard InChI is InChI=1S/C17H13NO3/c19-15-10-4-8-13(16(15)20)17(21)18-14-9-3-6-11-5-1-2-7-12(11)14/h1-10,19-20H,(H,18,21). The summed E-state index contributed by atoms with van der Waals surface area (Å²) in [4.78, 5) is 12.2. The lowest BCUT2D eigenvalue weighted by molar-refractivity contribution is 0.102. The Balaban J connectivity index is 1.99. The number of phenolic OH excluding ortho intramolecular Hbond substituents is 2. The molecule has 0 heterocycles. The summed E-state index contributed by atoms with van der Waals surface area (Å²) < 4.78 is 0. The van der Waals surface area contributed by atoms with Crippen LogP contribution in [0, 0.1) is 0 Å². The first-order valence-electron chi connectivity index (χ1n) is 6.47. The van der Waals surface area contributed by atoms with E-state index < -0.39 is 11.7 Å². The summed E-state index contributed by atoms with van der Waals surface area (Å²) in [7, 11) is 0. The van der Waals surface area contributed by atoms with Gasteiger partial charge >= 0.3 is 0 Å². The molecule has 3 N–H and O–H groups in total. The average Bonchev–Trinajstić information content (AvgIpc) is 2.50. The van der Waals surface area contributed by atoms with Gasteiger partial charge in [0.1, 0.15) is 0 Å². The molecule has 104 valence electrons. The number of amides is 1. The summed E-state index contributed by atoms with van der Waals surface area (Å²) in [5.74, 6) is -1.21. The second-order valence-corrected chi connectivity index (χ2v) is 4.65. The molecule has 3 aromatic rings. The first-order chi connectivity index (χ1) is 10.2. The van der Waals surface area contributed by atoms with Crippen LogP contribution < -0.4 is 5.32 Å². The first-order valence-corrected chi connectivity index (χ1v) is 6.47. The van der Waals surface area contributed by atoms with Gasteiger partial charge in [-0.1, -0.05) is 42.5 Å². The monoisotopic (exact) mass is 279 g/mol. The van der Waals surface area contributed by atoms with Gasteiger partial charge in [0.15, 0.2) is 11.5 Å². The van der Waals surface area contributed by atoms with Crippen LogP contribution in [0.2, 0.25) is 0 Å². The molecule has 4 heteroatoms. The maximum Gasteiger partial charge on any atom is 0.259 e. The van der Waals surface area contributed by atoms with Crippen LogP contribution in [0.15, 0.2) is 60.7 Å². The highest BCUT2D eigenvalue weighted by Crippen LogP contribution is 2.30. The molecular formula is C17H13NO3. The van der Waals surface area contributed by atoms with E-state index >= 15 is 0 Å². The molecule has 0 bridgehead atoms. The van der Waals surface area contributed by atoms with E-state index in [0.717, 1.165) is 10.8 Å². The van der Waals surface area contributed by atoms with Crippen molar-refractivity contribution in [2.24, 2.45) is 0 Å². The number of carbonyl (C=O) groups is 1. The first kappa shape index (κ1) is 13.0. The summed E-state index contributed by atoms with van der Waals surface area (Å²) in [6.45, 7) is 0. The van der Waals surface area contributed by atoms with Gasteiger partial charge in [-0.3, -0.25) is 4.79 Å². The van der Waals surface area contributed by atoms with Gasteiger partial charge in [0.05, 0.1) is 5.56 Å². The molecule has 0 aliphatic carbocycles. The maximum absolute atomic E-state index is 12.2. The van der Waals surface area contributed by atoms with Gasteiger partial charge in [0, 0.05) is 11.1 Å². The zero-order valence-electron chi connectivity index (χ0n) is 11.1. The Morgan fingerprint density at radius 1 is 0.857 bits per heavy atom. The van der Waals surface area contributed by atoms with Crippen molar-refractivity contribution in [3.8, 4) is 11.5 Å². The lowest BCUT2D eigenvalue weighted by Gasteiger charge is -2.10. The molecule has 3 rings (SSSR count). The molecule has 0 atom stereocenters. The van der Waals surface area contributed by atoms with Gasteiger partial charge < -0.3 is 15.5 Å². The second kappa shape index (κ2) is 5.17. The number of phenols is 2. The van der Waals surface area contributed by atoms with Crippen molar-refractivity contribution in [3.05, 3.63) is 66.2 Å². The Bertz CT molecular complexity index is 822. The predicted octanol–water partition coefficient (Wildman–Crippen LogP) is 3.50. The molecular weight excluding hydrogens is 266 g/mol. The SMILES string of the molecule is O=C(Nc1cccc2ccccc12)c1cccc(O)c1O. The molecule has 4 nitrogen and oxygen atoms in total. The van der Waals surface area contributed by atoms with Gasteiger partial charge in [0.25, 0.3) is 5.91 Å². The number of anilines is 1. The Hall–Kier alpha value is -3.01. The third kappa shape index (κ3) is 2.39. The van der Waals surface area contributed by atoms with Crippen LogP contribution in [0.25, 0.3) is 10.8 Å². The fourth-order valence-corrected chi connectivity index (χ4v) is 2.24. The average molecular weight is 279 g/mol. The van der Waals surface area contributed by atoms with Crippen LogP contribution in [-0.2, 0) is 0 Å². The summed E-state index contributed by atoms with van der Waals surface area (Å²) in [5, 5.41) is 23.9. The predicted molar refractivity (Wildman–Crippen MR) is 81.7 cm³/mol. The van der Waals surface area contributed by atoms with Gasteiger partial charge in [-0.25, -0.2) is 0 Å². The van der Waals surface area contributed by atoms with E-state index in [1.807, 2.05) is 36.4 Å². The van der Waals surface area contributed by atoms with Crippen molar-refractivity contribution in [2.45, 2.75) is 0 Å². The van der Waals surface area contributed by atoms with Crippen molar-refractivity contribution in [1.29, 1.82) is 0 Å². The number of carbonyl (C=O) groups excluding carboxylic acids is 1. The number of fused-ring (bicyclic) bond motifs is 1. The third-order valence-electron chi connectivity index (χ3n) is 3.30. The molecule has 0 saturated heterocycles. The van der Waals surface area contributed by atoms with Crippen molar-refractivity contribution in [1.82, 2.24) is 0 Å². The maximum atomic E-state index is 12.2. The van der Waals surface area contributed by atoms with Gasteiger partial charge in [-0.05, 0) is 23.6 Å². The summed E-state index contributed by atoms with van der Waals surface area (Å²) in [6.07, 6.45) is 0. The molecule has 1 amide bonds. The molecule has 0 radical (unpaired) electrons. The molecule has 0 saturated carbocycles. The number of para-hydroxylation sites is 1.